The van der Waals surface area contributed by atoms with Gasteiger partial charge in [0.2, 0.25) is 0 Å². The predicted octanol–water partition coefficient (Wildman–Crippen LogP) is 4.35. The largest absolute Gasteiger partial charge is 0.453 e. The van der Waals surface area contributed by atoms with Crippen LogP contribution in [0.3, 0.4) is 0 Å². The van der Waals surface area contributed by atoms with Gasteiger partial charge in [-0.25, -0.2) is 0 Å². The van der Waals surface area contributed by atoms with Gasteiger partial charge in [0, 0.05) is 11.9 Å². The van der Waals surface area contributed by atoms with Gasteiger partial charge in [0.15, 0.2) is 5.75 Å². The van der Waals surface area contributed by atoms with Gasteiger partial charge in [-0.05, 0) is 40.5 Å². The lowest BCUT2D eigenvalue weighted by molar-refractivity contribution is 0.478. The minimum Gasteiger partial charge on any atom is -0.453 e. The fourth-order valence-corrected chi connectivity index (χ4v) is 2.26. The Morgan fingerprint density at radius 2 is 2.24 bits per heavy atom. The van der Waals surface area contributed by atoms with Crippen molar-refractivity contribution < 1.29 is 4.74 Å². The number of ether oxygens (including phenoxy) is 1. The van der Waals surface area contributed by atoms with E-state index >= 15 is 0 Å². The van der Waals surface area contributed by atoms with E-state index in [0.29, 0.717) is 0 Å². The Morgan fingerprint density at radius 3 is 2.82 bits per heavy atom. The maximum Gasteiger partial charge on any atom is 0.165 e. The average molecular weight is 360 g/mol. The summed E-state index contributed by atoms with van der Waals surface area (Å²) >= 11 is 6.92. The summed E-state index contributed by atoms with van der Waals surface area (Å²) in [6.07, 6.45) is 3.60. The molecule has 0 atom stereocenters. The topological polar surface area (TPSA) is 27.1 Å². The molecule has 0 N–H and O–H groups in total. The zero-order chi connectivity index (χ0) is 12.3. The van der Waals surface area contributed by atoms with Crippen molar-refractivity contribution in [2.75, 3.05) is 0 Å². The number of halogens is 2. The highest BCUT2D eigenvalue weighted by Gasteiger charge is 2.05. The van der Waals surface area contributed by atoms with Gasteiger partial charge in [0.05, 0.1) is 16.9 Å². The molecule has 1 heterocycles. The van der Waals surface area contributed by atoms with Gasteiger partial charge in [0.1, 0.15) is 5.75 Å². The molecule has 17 heavy (non-hydrogen) atoms. The summed E-state index contributed by atoms with van der Waals surface area (Å²) in [5, 5.41) is 5.00. The van der Waals surface area contributed by atoms with E-state index in [1.807, 2.05) is 36.0 Å². The zero-order valence-corrected chi connectivity index (χ0v) is 12.5. The maximum atomic E-state index is 5.75. The number of nitrogens with zero attached hydrogens (tertiary/aromatic N) is 2. The molecule has 90 valence electrons. The Labute approximate surface area is 117 Å². The first-order chi connectivity index (χ1) is 8.22. The SMILES string of the molecule is CCn1cc(Oc2ccc(CBr)cc2Br)cn1. The molecule has 0 saturated carbocycles. The summed E-state index contributed by atoms with van der Waals surface area (Å²) in [5.74, 6) is 1.55. The standard InChI is InChI=1S/C12H12Br2N2O/c1-2-16-8-10(7-15-16)17-12-4-3-9(6-13)5-11(12)14/h3-5,7-8H,2,6H2,1H3. The van der Waals surface area contributed by atoms with Crippen LogP contribution < -0.4 is 4.74 Å². The Hall–Kier alpha value is -0.810. The molecule has 0 unspecified atom stereocenters. The van der Waals surface area contributed by atoms with Gasteiger partial charge in [-0.2, -0.15) is 5.10 Å². The molecule has 0 spiro atoms. The Kier molecular flexibility index (Phi) is 4.23. The molecule has 0 amide bonds. The molecule has 0 radical (unpaired) electrons. The number of alkyl halides is 1. The molecule has 0 aliphatic heterocycles. The van der Waals surface area contributed by atoms with E-state index in [-0.39, 0.29) is 0 Å². The molecule has 2 rings (SSSR count). The second kappa shape index (κ2) is 5.69. The van der Waals surface area contributed by atoms with E-state index in [1.54, 1.807) is 6.20 Å². The first-order valence-electron chi connectivity index (χ1n) is 5.27. The van der Waals surface area contributed by atoms with Crippen molar-refractivity contribution in [1.29, 1.82) is 0 Å². The number of hydrogen-bond acceptors (Lipinski definition) is 2. The van der Waals surface area contributed by atoms with E-state index in [9.17, 15) is 0 Å². The normalized spacial score (nSPS) is 10.5. The average Bonchev–Trinajstić information content (AvgIpc) is 2.79. The van der Waals surface area contributed by atoms with Crippen LogP contribution in [-0.4, -0.2) is 9.78 Å². The highest BCUT2D eigenvalue weighted by molar-refractivity contribution is 9.10. The summed E-state index contributed by atoms with van der Waals surface area (Å²) in [4.78, 5) is 0. The minimum atomic E-state index is 0.749. The van der Waals surface area contributed by atoms with Crippen LogP contribution >= 0.6 is 31.9 Å². The van der Waals surface area contributed by atoms with Crippen LogP contribution in [0.1, 0.15) is 12.5 Å². The van der Waals surface area contributed by atoms with Crippen LogP contribution in [0.5, 0.6) is 11.5 Å². The number of hydrogen-bond donors (Lipinski definition) is 0. The molecular weight excluding hydrogens is 348 g/mol. The first-order valence-corrected chi connectivity index (χ1v) is 7.19. The molecule has 3 nitrogen and oxygen atoms in total. The van der Waals surface area contributed by atoms with Crippen LogP contribution in [0.2, 0.25) is 0 Å². The van der Waals surface area contributed by atoms with Crippen molar-refractivity contribution in [2.45, 2.75) is 18.8 Å². The monoisotopic (exact) mass is 358 g/mol. The number of rotatable bonds is 4. The molecule has 0 saturated heterocycles. The van der Waals surface area contributed by atoms with E-state index < -0.39 is 0 Å². The quantitative estimate of drug-likeness (QED) is 0.758. The molecule has 2 aromatic rings. The van der Waals surface area contributed by atoms with Gasteiger partial charge in [0.25, 0.3) is 0 Å². The van der Waals surface area contributed by atoms with E-state index in [4.69, 9.17) is 4.74 Å². The number of aromatic nitrogens is 2. The van der Waals surface area contributed by atoms with Crippen LogP contribution in [0.25, 0.3) is 0 Å². The van der Waals surface area contributed by atoms with Crippen molar-refractivity contribution in [1.82, 2.24) is 9.78 Å². The fraction of sp³-hybridized carbons (Fsp3) is 0.250. The van der Waals surface area contributed by atoms with Crippen LogP contribution in [-0.2, 0) is 11.9 Å². The van der Waals surface area contributed by atoms with Gasteiger partial charge in [-0.1, -0.05) is 22.0 Å². The summed E-state index contributed by atoms with van der Waals surface area (Å²) in [6.45, 7) is 2.88. The van der Waals surface area contributed by atoms with E-state index in [2.05, 4.69) is 37.0 Å². The van der Waals surface area contributed by atoms with Crippen molar-refractivity contribution in [3.8, 4) is 11.5 Å². The summed E-state index contributed by atoms with van der Waals surface area (Å²) < 4.78 is 8.52. The third-order valence-electron chi connectivity index (χ3n) is 2.31. The lowest BCUT2D eigenvalue weighted by atomic mass is 10.2. The lowest BCUT2D eigenvalue weighted by Crippen LogP contribution is -1.92. The molecule has 0 bridgehead atoms. The van der Waals surface area contributed by atoms with Crippen LogP contribution in [0, 0.1) is 0 Å². The van der Waals surface area contributed by atoms with Crippen molar-refractivity contribution in [3.63, 3.8) is 0 Å². The van der Waals surface area contributed by atoms with Crippen molar-refractivity contribution in [3.05, 3.63) is 40.6 Å². The van der Waals surface area contributed by atoms with Gasteiger partial charge in [-0.15, -0.1) is 0 Å². The van der Waals surface area contributed by atoms with Gasteiger partial charge in [-0.3, -0.25) is 4.68 Å². The highest BCUT2D eigenvalue weighted by atomic mass is 79.9. The second-order valence-electron chi connectivity index (χ2n) is 3.53. The fourth-order valence-electron chi connectivity index (χ4n) is 1.41. The third kappa shape index (κ3) is 3.10. The number of benzene rings is 1. The molecule has 0 aliphatic rings. The maximum absolute atomic E-state index is 5.75. The molecular formula is C12H12Br2N2O. The lowest BCUT2D eigenvalue weighted by Gasteiger charge is -2.06. The van der Waals surface area contributed by atoms with Gasteiger partial charge >= 0.3 is 0 Å². The summed E-state index contributed by atoms with van der Waals surface area (Å²) in [6, 6.07) is 6.01. The minimum absolute atomic E-state index is 0.749. The third-order valence-corrected chi connectivity index (χ3v) is 3.58. The first kappa shape index (κ1) is 12.6. The van der Waals surface area contributed by atoms with E-state index in [1.165, 1.54) is 5.56 Å². The van der Waals surface area contributed by atoms with E-state index in [0.717, 1.165) is 27.8 Å². The molecule has 0 aliphatic carbocycles. The van der Waals surface area contributed by atoms with Crippen molar-refractivity contribution >= 4 is 31.9 Å². The molecule has 1 aromatic heterocycles. The summed E-state index contributed by atoms with van der Waals surface area (Å²) in [7, 11) is 0. The predicted molar refractivity (Wildman–Crippen MR) is 74.7 cm³/mol. The van der Waals surface area contributed by atoms with Gasteiger partial charge < -0.3 is 4.74 Å². The smallest absolute Gasteiger partial charge is 0.165 e. The number of aryl methyl sites for hydroxylation is 1. The Morgan fingerprint density at radius 1 is 1.41 bits per heavy atom. The highest BCUT2D eigenvalue weighted by Crippen LogP contribution is 2.30. The van der Waals surface area contributed by atoms with Crippen LogP contribution in [0.4, 0.5) is 0 Å². The molecule has 1 aromatic carbocycles. The van der Waals surface area contributed by atoms with Crippen LogP contribution in [0.15, 0.2) is 35.1 Å². The zero-order valence-electron chi connectivity index (χ0n) is 9.36. The Bertz CT molecular complexity index is 511. The molecule has 5 heteroatoms. The summed E-state index contributed by atoms with van der Waals surface area (Å²) in [5.41, 5.74) is 1.20. The molecule has 0 fully saturated rings. The van der Waals surface area contributed by atoms with Crippen molar-refractivity contribution in [2.24, 2.45) is 0 Å². The Balaban J connectivity index is 2.18. The second-order valence-corrected chi connectivity index (χ2v) is 4.95.